The largest absolute Gasteiger partial charge is 0.497 e. The zero-order valence-electron chi connectivity index (χ0n) is 16.6. The molecule has 0 atom stereocenters. The van der Waals surface area contributed by atoms with Crippen LogP contribution in [0.25, 0.3) is 0 Å². The number of nitriles is 1. The minimum Gasteiger partial charge on any atom is -0.497 e. The standard InChI is InChI=1S/C23H20BrN3O3/c1-15-20(13-25)22(28)27(12-11-16-3-9-19(30-2)10-4-16)23(29)21(15)14-26-18-7-5-17(24)6-8-18/h3-10,14,29H,11-12H2,1-2H3. The second kappa shape index (κ2) is 9.42. The number of hydrogen-bond donors (Lipinski definition) is 1. The van der Waals surface area contributed by atoms with Gasteiger partial charge in [0.05, 0.1) is 18.4 Å². The van der Waals surface area contributed by atoms with Crippen LogP contribution in [0.5, 0.6) is 11.6 Å². The molecule has 6 nitrogen and oxygen atoms in total. The Bertz CT molecular complexity index is 1170. The second-order valence-electron chi connectivity index (χ2n) is 6.64. The van der Waals surface area contributed by atoms with Gasteiger partial charge in [-0.2, -0.15) is 5.26 Å². The van der Waals surface area contributed by atoms with E-state index in [0.29, 0.717) is 23.2 Å². The summed E-state index contributed by atoms with van der Waals surface area (Å²) in [4.78, 5) is 17.1. The lowest BCUT2D eigenvalue weighted by Gasteiger charge is -2.14. The molecule has 3 rings (SSSR count). The first-order valence-electron chi connectivity index (χ1n) is 9.23. The van der Waals surface area contributed by atoms with Crippen LogP contribution in [0.2, 0.25) is 0 Å². The number of aryl methyl sites for hydroxylation is 1. The highest BCUT2D eigenvalue weighted by molar-refractivity contribution is 9.10. The molecule has 0 radical (unpaired) electrons. The number of benzene rings is 2. The maximum absolute atomic E-state index is 12.7. The number of rotatable bonds is 6. The lowest BCUT2D eigenvalue weighted by Crippen LogP contribution is -2.26. The molecule has 0 bridgehead atoms. The van der Waals surface area contributed by atoms with Crippen LogP contribution in [-0.2, 0) is 13.0 Å². The van der Waals surface area contributed by atoms with E-state index in [-0.39, 0.29) is 18.0 Å². The van der Waals surface area contributed by atoms with Crippen LogP contribution in [0.4, 0.5) is 5.69 Å². The van der Waals surface area contributed by atoms with Gasteiger partial charge < -0.3 is 9.84 Å². The Hall–Kier alpha value is -3.37. The van der Waals surface area contributed by atoms with Crippen LogP contribution in [-0.4, -0.2) is 23.0 Å². The number of ether oxygens (including phenoxy) is 1. The minimum absolute atomic E-state index is 0.000197. The molecule has 30 heavy (non-hydrogen) atoms. The van der Waals surface area contributed by atoms with Crippen molar-refractivity contribution in [2.24, 2.45) is 4.99 Å². The van der Waals surface area contributed by atoms with Crippen molar-refractivity contribution in [3.05, 3.63) is 85.6 Å². The fourth-order valence-corrected chi connectivity index (χ4v) is 3.30. The molecule has 3 aromatic rings. The van der Waals surface area contributed by atoms with Crippen LogP contribution >= 0.6 is 15.9 Å². The van der Waals surface area contributed by atoms with Gasteiger partial charge in [0, 0.05) is 17.2 Å². The molecule has 1 aromatic heterocycles. The Morgan fingerprint density at radius 3 is 2.47 bits per heavy atom. The number of hydrogen-bond acceptors (Lipinski definition) is 5. The number of methoxy groups -OCH3 is 1. The Balaban J connectivity index is 1.96. The molecule has 0 saturated carbocycles. The number of pyridine rings is 1. The molecule has 1 N–H and O–H groups in total. The van der Waals surface area contributed by atoms with Crippen LogP contribution in [0, 0.1) is 18.3 Å². The number of nitrogens with zero attached hydrogens (tertiary/aromatic N) is 3. The fourth-order valence-electron chi connectivity index (χ4n) is 3.03. The highest BCUT2D eigenvalue weighted by atomic mass is 79.9. The van der Waals surface area contributed by atoms with Gasteiger partial charge in [-0.15, -0.1) is 0 Å². The van der Waals surface area contributed by atoms with E-state index < -0.39 is 5.56 Å². The lowest BCUT2D eigenvalue weighted by molar-refractivity contribution is 0.404. The van der Waals surface area contributed by atoms with Gasteiger partial charge >= 0.3 is 0 Å². The van der Waals surface area contributed by atoms with Crippen molar-refractivity contribution in [2.75, 3.05) is 7.11 Å². The van der Waals surface area contributed by atoms with Crippen molar-refractivity contribution in [1.82, 2.24) is 4.57 Å². The van der Waals surface area contributed by atoms with Crippen LogP contribution in [0.1, 0.15) is 22.3 Å². The van der Waals surface area contributed by atoms with Gasteiger partial charge in [-0.1, -0.05) is 28.1 Å². The van der Waals surface area contributed by atoms with Crippen LogP contribution in [0.3, 0.4) is 0 Å². The molecular formula is C23H20BrN3O3. The first-order chi connectivity index (χ1) is 14.4. The van der Waals surface area contributed by atoms with Crippen molar-refractivity contribution < 1.29 is 9.84 Å². The quantitative estimate of drug-likeness (QED) is 0.542. The average molecular weight is 466 g/mol. The number of halogens is 1. The normalized spacial score (nSPS) is 10.9. The third-order valence-electron chi connectivity index (χ3n) is 4.80. The first kappa shape index (κ1) is 21.3. The Kier molecular flexibility index (Phi) is 6.70. The van der Waals surface area contributed by atoms with E-state index in [1.807, 2.05) is 54.6 Å². The number of aromatic nitrogens is 1. The third-order valence-corrected chi connectivity index (χ3v) is 5.33. The summed E-state index contributed by atoms with van der Waals surface area (Å²) in [6, 6.07) is 16.8. The summed E-state index contributed by atoms with van der Waals surface area (Å²) >= 11 is 3.37. The minimum atomic E-state index is -0.512. The zero-order chi connectivity index (χ0) is 21.7. The van der Waals surface area contributed by atoms with Crippen molar-refractivity contribution in [3.8, 4) is 17.7 Å². The predicted octanol–water partition coefficient (Wildman–Crippen LogP) is 4.50. The molecule has 0 amide bonds. The molecule has 0 aliphatic heterocycles. The summed E-state index contributed by atoms with van der Waals surface area (Å²) in [6.45, 7) is 1.86. The molecule has 152 valence electrons. The zero-order valence-corrected chi connectivity index (χ0v) is 18.2. The van der Waals surface area contributed by atoms with Gasteiger partial charge in [0.25, 0.3) is 5.56 Å². The van der Waals surface area contributed by atoms with E-state index >= 15 is 0 Å². The summed E-state index contributed by atoms with van der Waals surface area (Å²) in [5, 5.41) is 20.3. The molecular weight excluding hydrogens is 446 g/mol. The highest BCUT2D eigenvalue weighted by Gasteiger charge is 2.18. The van der Waals surface area contributed by atoms with Crippen molar-refractivity contribution in [2.45, 2.75) is 19.9 Å². The maximum Gasteiger partial charge on any atom is 0.271 e. The first-order valence-corrected chi connectivity index (χ1v) is 10.0. The fraction of sp³-hybridized carbons (Fsp3) is 0.174. The van der Waals surface area contributed by atoms with Gasteiger partial charge in [-0.3, -0.25) is 14.4 Å². The summed E-state index contributed by atoms with van der Waals surface area (Å²) < 4.78 is 7.30. The molecule has 1 heterocycles. The molecule has 0 spiro atoms. The van der Waals surface area contributed by atoms with Crippen molar-refractivity contribution >= 4 is 27.8 Å². The number of aromatic hydroxyl groups is 1. The second-order valence-corrected chi connectivity index (χ2v) is 7.55. The van der Waals surface area contributed by atoms with E-state index in [2.05, 4.69) is 20.9 Å². The van der Waals surface area contributed by atoms with Crippen molar-refractivity contribution in [1.29, 1.82) is 5.26 Å². The average Bonchev–Trinajstić information content (AvgIpc) is 2.75. The van der Waals surface area contributed by atoms with Gasteiger partial charge in [0.2, 0.25) is 5.88 Å². The molecule has 2 aromatic carbocycles. The monoisotopic (exact) mass is 465 g/mol. The van der Waals surface area contributed by atoms with Crippen LogP contribution < -0.4 is 10.3 Å². The smallest absolute Gasteiger partial charge is 0.271 e. The van der Waals surface area contributed by atoms with Gasteiger partial charge in [-0.25, -0.2) is 0 Å². The molecule has 0 aliphatic carbocycles. The molecule has 7 heteroatoms. The summed E-state index contributed by atoms with van der Waals surface area (Å²) in [7, 11) is 1.60. The Morgan fingerprint density at radius 2 is 1.87 bits per heavy atom. The van der Waals surface area contributed by atoms with Gasteiger partial charge in [0.15, 0.2) is 0 Å². The Morgan fingerprint density at radius 1 is 1.20 bits per heavy atom. The van der Waals surface area contributed by atoms with E-state index in [1.54, 1.807) is 14.0 Å². The van der Waals surface area contributed by atoms with E-state index in [4.69, 9.17) is 4.74 Å². The summed E-state index contributed by atoms with van der Waals surface area (Å²) in [5.41, 5.74) is 1.91. The van der Waals surface area contributed by atoms with E-state index in [0.717, 1.165) is 15.8 Å². The number of aliphatic imine (C=N–C) groups is 1. The van der Waals surface area contributed by atoms with E-state index in [9.17, 15) is 15.2 Å². The molecule has 0 unspecified atom stereocenters. The Labute approximate surface area is 182 Å². The van der Waals surface area contributed by atoms with Gasteiger partial charge in [-0.05, 0) is 60.9 Å². The summed E-state index contributed by atoms with van der Waals surface area (Å²) in [6.07, 6.45) is 1.99. The van der Waals surface area contributed by atoms with Crippen molar-refractivity contribution in [3.63, 3.8) is 0 Å². The van der Waals surface area contributed by atoms with Crippen LogP contribution in [0.15, 0.2) is 62.8 Å². The maximum atomic E-state index is 12.7. The predicted molar refractivity (Wildman–Crippen MR) is 120 cm³/mol. The third kappa shape index (κ3) is 4.61. The van der Waals surface area contributed by atoms with E-state index in [1.165, 1.54) is 10.8 Å². The SMILES string of the molecule is COc1ccc(CCn2c(O)c(C=Nc3ccc(Br)cc3)c(C)c(C#N)c2=O)cc1. The lowest BCUT2D eigenvalue weighted by atomic mass is 10.1. The highest BCUT2D eigenvalue weighted by Crippen LogP contribution is 2.23. The topological polar surface area (TPSA) is 87.6 Å². The van der Waals surface area contributed by atoms with Gasteiger partial charge in [0.1, 0.15) is 17.4 Å². The summed E-state index contributed by atoms with van der Waals surface area (Å²) in [5.74, 6) is 0.540. The molecule has 0 saturated heterocycles. The molecule has 0 fully saturated rings. The molecule has 0 aliphatic rings.